The Balaban J connectivity index is 1.63. The van der Waals surface area contributed by atoms with E-state index in [9.17, 15) is 4.79 Å². The predicted molar refractivity (Wildman–Crippen MR) is 86.9 cm³/mol. The van der Waals surface area contributed by atoms with E-state index < -0.39 is 0 Å². The molecule has 4 nitrogen and oxygen atoms in total. The highest BCUT2D eigenvalue weighted by Gasteiger charge is 2.13. The number of ether oxygens (including phenoxy) is 2. The summed E-state index contributed by atoms with van der Waals surface area (Å²) in [7, 11) is 1.65. The fraction of sp³-hybridized carbons (Fsp3) is 0.611. The molecule has 22 heavy (non-hydrogen) atoms. The number of amides is 1. The number of hydrogen-bond acceptors (Lipinski definition) is 3. The van der Waals surface area contributed by atoms with Crippen molar-refractivity contribution < 1.29 is 14.3 Å². The molecule has 2 rings (SSSR count). The maximum Gasteiger partial charge on any atom is 0.251 e. The number of benzene rings is 1. The Kier molecular flexibility index (Phi) is 7.40. The van der Waals surface area contributed by atoms with Gasteiger partial charge in [-0.05, 0) is 37.0 Å². The van der Waals surface area contributed by atoms with Gasteiger partial charge in [0, 0.05) is 25.8 Å². The number of nitrogens with one attached hydrogen (secondary N) is 1. The molecule has 0 saturated heterocycles. The Labute approximate surface area is 133 Å². The molecule has 0 aliphatic heterocycles. The smallest absolute Gasteiger partial charge is 0.251 e. The Hall–Kier alpha value is -1.39. The van der Waals surface area contributed by atoms with Crippen LogP contribution in [0.1, 0.15) is 54.4 Å². The molecule has 1 saturated carbocycles. The standard InChI is InChI=1S/C18H27NO3/c1-21-14-15-7-5-8-16(13-15)18(20)19-11-6-12-22-17-9-3-2-4-10-17/h5,7-8,13,17H,2-4,6,9-12,14H2,1H3,(H,19,20). The highest BCUT2D eigenvalue weighted by Crippen LogP contribution is 2.20. The van der Waals surface area contributed by atoms with Gasteiger partial charge in [0.1, 0.15) is 0 Å². The van der Waals surface area contributed by atoms with Crippen LogP contribution in [-0.2, 0) is 16.1 Å². The maximum atomic E-state index is 12.1. The molecule has 1 aliphatic carbocycles. The van der Waals surface area contributed by atoms with Crippen LogP contribution in [0.25, 0.3) is 0 Å². The molecule has 0 spiro atoms. The lowest BCUT2D eigenvalue weighted by Crippen LogP contribution is -2.26. The third-order valence-corrected chi connectivity index (χ3v) is 4.01. The van der Waals surface area contributed by atoms with Gasteiger partial charge in [0.15, 0.2) is 0 Å². The van der Waals surface area contributed by atoms with Gasteiger partial charge in [-0.25, -0.2) is 0 Å². The van der Waals surface area contributed by atoms with E-state index in [4.69, 9.17) is 9.47 Å². The lowest BCUT2D eigenvalue weighted by molar-refractivity contribution is 0.0273. The van der Waals surface area contributed by atoms with Gasteiger partial charge >= 0.3 is 0 Å². The van der Waals surface area contributed by atoms with E-state index in [1.165, 1.54) is 32.1 Å². The predicted octanol–water partition coefficient (Wildman–Crippen LogP) is 3.30. The number of carbonyl (C=O) groups excluding carboxylic acids is 1. The van der Waals surface area contributed by atoms with Gasteiger partial charge in [-0.15, -0.1) is 0 Å². The zero-order valence-corrected chi connectivity index (χ0v) is 13.5. The van der Waals surface area contributed by atoms with E-state index in [1.807, 2.05) is 24.3 Å². The van der Waals surface area contributed by atoms with Gasteiger partial charge in [0.2, 0.25) is 0 Å². The van der Waals surface area contributed by atoms with Gasteiger partial charge in [0.25, 0.3) is 5.91 Å². The molecule has 0 atom stereocenters. The quantitative estimate of drug-likeness (QED) is 0.750. The molecule has 0 heterocycles. The summed E-state index contributed by atoms with van der Waals surface area (Å²) in [4.78, 5) is 12.1. The minimum absolute atomic E-state index is 0.0318. The van der Waals surface area contributed by atoms with Crippen LogP contribution in [0.5, 0.6) is 0 Å². The summed E-state index contributed by atoms with van der Waals surface area (Å²) in [5.74, 6) is -0.0318. The van der Waals surface area contributed by atoms with Gasteiger partial charge in [-0.2, -0.15) is 0 Å². The Morgan fingerprint density at radius 2 is 2.09 bits per heavy atom. The van der Waals surface area contributed by atoms with Crippen molar-refractivity contribution in [1.82, 2.24) is 5.32 Å². The van der Waals surface area contributed by atoms with E-state index in [1.54, 1.807) is 7.11 Å². The molecule has 0 bridgehead atoms. The first kappa shape index (κ1) is 17.0. The summed E-state index contributed by atoms with van der Waals surface area (Å²) in [5, 5.41) is 2.95. The normalized spacial score (nSPS) is 15.7. The summed E-state index contributed by atoms with van der Waals surface area (Å²) in [5.41, 5.74) is 1.69. The topological polar surface area (TPSA) is 47.6 Å². The molecule has 122 valence electrons. The summed E-state index contributed by atoms with van der Waals surface area (Å²) in [6.07, 6.45) is 7.61. The van der Waals surface area contributed by atoms with Crippen molar-refractivity contribution in [3.8, 4) is 0 Å². The van der Waals surface area contributed by atoms with E-state index in [0.29, 0.717) is 24.8 Å². The number of rotatable bonds is 8. The van der Waals surface area contributed by atoms with E-state index >= 15 is 0 Å². The number of carbonyl (C=O) groups is 1. The minimum Gasteiger partial charge on any atom is -0.380 e. The lowest BCUT2D eigenvalue weighted by atomic mass is 9.98. The molecule has 1 N–H and O–H groups in total. The zero-order chi connectivity index (χ0) is 15.6. The first-order valence-corrected chi connectivity index (χ1v) is 8.27. The Morgan fingerprint density at radius 1 is 1.27 bits per heavy atom. The van der Waals surface area contributed by atoms with Crippen LogP contribution in [0.4, 0.5) is 0 Å². The monoisotopic (exact) mass is 305 g/mol. The summed E-state index contributed by atoms with van der Waals surface area (Å²) >= 11 is 0. The molecule has 4 heteroatoms. The van der Waals surface area contributed by atoms with Gasteiger partial charge in [-0.3, -0.25) is 4.79 Å². The van der Waals surface area contributed by atoms with Crippen molar-refractivity contribution in [3.05, 3.63) is 35.4 Å². The van der Waals surface area contributed by atoms with Gasteiger partial charge < -0.3 is 14.8 Å². The SMILES string of the molecule is COCc1cccc(C(=O)NCCCOC2CCCCC2)c1. The van der Waals surface area contributed by atoms with Crippen LogP contribution in [0.15, 0.2) is 24.3 Å². The zero-order valence-electron chi connectivity index (χ0n) is 13.5. The fourth-order valence-electron chi connectivity index (χ4n) is 2.83. The number of methoxy groups -OCH3 is 1. The van der Waals surface area contributed by atoms with Crippen LogP contribution in [0, 0.1) is 0 Å². The maximum absolute atomic E-state index is 12.1. The van der Waals surface area contributed by atoms with Crippen molar-refractivity contribution in [3.63, 3.8) is 0 Å². The van der Waals surface area contributed by atoms with Crippen LogP contribution in [0.2, 0.25) is 0 Å². The molecular weight excluding hydrogens is 278 g/mol. The molecule has 0 unspecified atom stereocenters. The second kappa shape index (κ2) is 9.59. The summed E-state index contributed by atoms with van der Waals surface area (Å²) in [6.45, 7) is 1.91. The molecule has 1 amide bonds. The molecule has 0 radical (unpaired) electrons. The molecule has 0 aromatic heterocycles. The first-order chi connectivity index (χ1) is 10.8. The third kappa shape index (κ3) is 5.78. The van der Waals surface area contributed by atoms with Gasteiger partial charge in [0.05, 0.1) is 12.7 Å². The second-order valence-corrected chi connectivity index (χ2v) is 5.87. The van der Waals surface area contributed by atoms with Crippen LogP contribution >= 0.6 is 0 Å². The number of hydrogen-bond donors (Lipinski definition) is 1. The van der Waals surface area contributed by atoms with Crippen molar-refractivity contribution in [1.29, 1.82) is 0 Å². The highest BCUT2D eigenvalue weighted by atomic mass is 16.5. The highest BCUT2D eigenvalue weighted by molar-refractivity contribution is 5.94. The third-order valence-electron chi connectivity index (χ3n) is 4.01. The molecule has 1 aliphatic rings. The Bertz CT molecular complexity index is 455. The fourth-order valence-corrected chi connectivity index (χ4v) is 2.83. The minimum atomic E-state index is -0.0318. The molecule has 1 aromatic carbocycles. The van der Waals surface area contributed by atoms with Crippen LogP contribution < -0.4 is 5.32 Å². The summed E-state index contributed by atoms with van der Waals surface area (Å²) in [6, 6.07) is 7.54. The largest absolute Gasteiger partial charge is 0.380 e. The van der Waals surface area contributed by atoms with Crippen molar-refractivity contribution in [2.75, 3.05) is 20.3 Å². The van der Waals surface area contributed by atoms with Gasteiger partial charge in [-0.1, -0.05) is 31.4 Å². The van der Waals surface area contributed by atoms with Crippen molar-refractivity contribution in [2.24, 2.45) is 0 Å². The van der Waals surface area contributed by atoms with E-state index in [-0.39, 0.29) is 5.91 Å². The van der Waals surface area contributed by atoms with Crippen molar-refractivity contribution >= 4 is 5.91 Å². The van der Waals surface area contributed by atoms with Crippen LogP contribution in [-0.4, -0.2) is 32.3 Å². The van der Waals surface area contributed by atoms with Crippen LogP contribution in [0.3, 0.4) is 0 Å². The molecular formula is C18H27NO3. The summed E-state index contributed by atoms with van der Waals surface area (Å²) < 4.78 is 10.9. The molecule has 1 fully saturated rings. The van der Waals surface area contributed by atoms with E-state index in [2.05, 4.69) is 5.32 Å². The second-order valence-electron chi connectivity index (χ2n) is 5.87. The Morgan fingerprint density at radius 3 is 2.86 bits per heavy atom. The average molecular weight is 305 g/mol. The average Bonchev–Trinajstić information content (AvgIpc) is 2.56. The molecule has 1 aromatic rings. The first-order valence-electron chi connectivity index (χ1n) is 8.27. The lowest BCUT2D eigenvalue weighted by Gasteiger charge is -2.21. The van der Waals surface area contributed by atoms with E-state index in [0.717, 1.165) is 18.6 Å². The van der Waals surface area contributed by atoms with Crippen molar-refractivity contribution in [2.45, 2.75) is 51.2 Å².